The van der Waals surface area contributed by atoms with Crippen molar-refractivity contribution >= 4 is 11.8 Å². The van der Waals surface area contributed by atoms with Crippen LogP contribution in [0.2, 0.25) is 0 Å². The number of benzene rings is 2. The maximum absolute atomic E-state index is 13.2. The first-order valence-electron chi connectivity index (χ1n) is 5.57. The Morgan fingerprint density at radius 1 is 1.22 bits per heavy atom. The van der Waals surface area contributed by atoms with Crippen LogP contribution in [0.1, 0.15) is 16.7 Å². The molecule has 0 heterocycles. The predicted octanol–water partition coefficient (Wildman–Crippen LogP) is 4.30. The summed E-state index contributed by atoms with van der Waals surface area (Å²) in [6.45, 7) is 2.05. The molecule has 0 saturated heterocycles. The second kappa shape index (κ2) is 5.70. The van der Waals surface area contributed by atoms with Gasteiger partial charge in [-0.2, -0.15) is 5.26 Å². The van der Waals surface area contributed by atoms with Crippen LogP contribution in [0.3, 0.4) is 0 Å². The second-order valence-corrected chi connectivity index (χ2v) is 5.08. The summed E-state index contributed by atoms with van der Waals surface area (Å²) < 4.78 is 13.2. The molecule has 0 aliphatic rings. The van der Waals surface area contributed by atoms with Gasteiger partial charge in [-0.3, -0.25) is 0 Å². The van der Waals surface area contributed by atoms with Crippen LogP contribution in [0.5, 0.6) is 0 Å². The molecule has 0 aliphatic carbocycles. The fourth-order valence-electron chi connectivity index (χ4n) is 1.62. The molecule has 2 aromatic rings. The van der Waals surface area contributed by atoms with Crippen molar-refractivity contribution in [3.8, 4) is 6.07 Å². The molecule has 0 radical (unpaired) electrons. The highest BCUT2D eigenvalue weighted by atomic mass is 32.2. The normalized spacial score (nSPS) is 10.1. The minimum Gasteiger partial charge on any atom is -0.206 e. The summed E-state index contributed by atoms with van der Waals surface area (Å²) in [6, 6.07) is 14.8. The molecule has 2 aromatic carbocycles. The maximum atomic E-state index is 13.2. The number of hydrogen-bond acceptors (Lipinski definition) is 2. The molecule has 0 amide bonds. The largest absolute Gasteiger partial charge is 0.206 e. The van der Waals surface area contributed by atoms with Gasteiger partial charge in [0, 0.05) is 10.6 Å². The Hall–Kier alpha value is -1.79. The molecule has 0 saturated carbocycles. The van der Waals surface area contributed by atoms with Gasteiger partial charge in [-0.05, 0) is 36.8 Å². The number of aryl methyl sites for hydroxylation is 1. The molecular formula is C15H12FNS. The van der Waals surface area contributed by atoms with Crippen LogP contribution < -0.4 is 0 Å². The van der Waals surface area contributed by atoms with Crippen LogP contribution >= 0.6 is 11.8 Å². The van der Waals surface area contributed by atoms with Gasteiger partial charge in [0.25, 0.3) is 0 Å². The molecule has 0 atom stereocenters. The number of thioether (sulfide) groups is 1. The first-order valence-corrected chi connectivity index (χ1v) is 6.55. The monoisotopic (exact) mass is 257 g/mol. The Morgan fingerprint density at radius 3 is 2.78 bits per heavy atom. The molecule has 0 aliphatic heterocycles. The van der Waals surface area contributed by atoms with Gasteiger partial charge in [-0.15, -0.1) is 11.8 Å². The van der Waals surface area contributed by atoms with E-state index >= 15 is 0 Å². The van der Waals surface area contributed by atoms with E-state index < -0.39 is 5.82 Å². The number of nitrogens with zero attached hydrogens (tertiary/aromatic N) is 1. The Bertz CT molecular complexity index is 602. The zero-order chi connectivity index (χ0) is 13.0. The van der Waals surface area contributed by atoms with Crippen molar-refractivity contribution in [1.82, 2.24) is 0 Å². The minimum absolute atomic E-state index is 0.109. The molecular weight excluding hydrogens is 245 g/mol. The van der Waals surface area contributed by atoms with E-state index in [9.17, 15) is 4.39 Å². The van der Waals surface area contributed by atoms with Gasteiger partial charge >= 0.3 is 0 Å². The Labute approximate surface area is 110 Å². The third kappa shape index (κ3) is 3.12. The van der Waals surface area contributed by atoms with Gasteiger partial charge in [0.2, 0.25) is 0 Å². The number of nitriles is 1. The lowest BCUT2D eigenvalue weighted by Crippen LogP contribution is -1.87. The van der Waals surface area contributed by atoms with Crippen molar-refractivity contribution in [3.63, 3.8) is 0 Å². The van der Waals surface area contributed by atoms with Gasteiger partial charge in [0.15, 0.2) is 0 Å². The molecule has 0 aromatic heterocycles. The van der Waals surface area contributed by atoms with Crippen LogP contribution in [-0.4, -0.2) is 0 Å². The van der Waals surface area contributed by atoms with Crippen molar-refractivity contribution in [2.75, 3.05) is 0 Å². The molecule has 0 bridgehead atoms. The van der Waals surface area contributed by atoms with Crippen molar-refractivity contribution in [2.24, 2.45) is 0 Å². The second-order valence-electron chi connectivity index (χ2n) is 4.03. The molecule has 3 heteroatoms. The summed E-state index contributed by atoms with van der Waals surface area (Å²) >= 11 is 1.68. The summed E-state index contributed by atoms with van der Waals surface area (Å²) in [5.74, 6) is 0.278. The van der Waals surface area contributed by atoms with Crippen molar-refractivity contribution in [1.29, 1.82) is 5.26 Å². The third-order valence-corrected chi connectivity index (χ3v) is 3.61. The predicted molar refractivity (Wildman–Crippen MR) is 71.9 cm³/mol. The average molecular weight is 257 g/mol. The van der Waals surface area contributed by atoms with E-state index in [1.165, 1.54) is 16.5 Å². The summed E-state index contributed by atoms with van der Waals surface area (Å²) in [4.78, 5) is 1.18. The standard InChI is InChI=1S/C15H12FNS/c1-11-3-2-4-14(7-11)18-10-12-5-6-15(16)13(8-12)9-17/h2-8H,10H2,1H3. The highest BCUT2D eigenvalue weighted by molar-refractivity contribution is 7.98. The van der Waals surface area contributed by atoms with Gasteiger partial charge in [-0.1, -0.05) is 23.8 Å². The maximum Gasteiger partial charge on any atom is 0.140 e. The van der Waals surface area contributed by atoms with Gasteiger partial charge in [-0.25, -0.2) is 4.39 Å². The molecule has 0 spiro atoms. The zero-order valence-electron chi connectivity index (χ0n) is 9.98. The van der Waals surface area contributed by atoms with Crippen LogP contribution in [0.25, 0.3) is 0 Å². The third-order valence-electron chi connectivity index (χ3n) is 2.55. The number of hydrogen-bond donors (Lipinski definition) is 0. The van der Waals surface area contributed by atoms with Crippen molar-refractivity contribution in [2.45, 2.75) is 17.6 Å². The molecule has 2 rings (SSSR count). The summed E-state index contributed by atoms with van der Waals surface area (Å²) in [6.07, 6.45) is 0. The molecule has 1 nitrogen and oxygen atoms in total. The first-order chi connectivity index (χ1) is 8.69. The summed E-state index contributed by atoms with van der Waals surface area (Å²) in [7, 11) is 0. The molecule has 0 unspecified atom stereocenters. The van der Waals surface area contributed by atoms with Crippen LogP contribution in [0.15, 0.2) is 47.4 Å². The highest BCUT2D eigenvalue weighted by Gasteiger charge is 2.03. The van der Waals surface area contributed by atoms with E-state index in [-0.39, 0.29) is 5.56 Å². The van der Waals surface area contributed by atoms with Crippen LogP contribution in [0, 0.1) is 24.1 Å². The molecule has 0 N–H and O–H groups in total. The lowest BCUT2D eigenvalue weighted by molar-refractivity contribution is 0.623. The first kappa shape index (κ1) is 12.7. The Morgan fingerprint density at radius 2 is 2.06 bits per heavy atom. The quantitative estimate of drug-likeness (QED) is 0.765. The fourth-order valence-corrected chi connectivity index (χ4v) is 2.58. The Kier molecular flexibility index (Phi) is 4.01. The van der Waals surface area contributed by atoms with Crippen molar-refractivity contribution in [3.05, 3.63) is 65.0 Å². The smallest absolute Gasteiger partial charge is 0.140 e. The van der Waals surface area contributed by atoms with E-state index in [0.29, 0.717) is 0 Å². The zero-order valence-corrected chi connectivity index (χ0v) is 10.8. The lowest BCUT2D eigenvalue weighted by atomic mass is 10.1. The Balaban J connectivity index is 2.09. The molecule has 90 valence electrons. The molecule has 18 heavy (non-hydrogen) atoms. The number of rotatable bonds is 3. The fraction of sp³-hybridized carbons (Fsp3) is 0.133. The lowest BCUT2D eigenvalue weighted by Gasteiger charge is -2.04. The minimum atomic E-state index is -0.457. The highest BCUT2D eigenvalue weighted by Crippen LogP contribution is 2.24. The van der Waals surface area contributed by atoms with Crippen LogP contribution in [0.4, 0.5) is 4.39 Å². The average Bonchev–Trinajstić information content (AvgIpc) is 2.38. The summed E-state index contributed by atoms with van der Waals surface area (Å²) in [5.41, 5.74) is 2.29. The van der Waals surface area contributed by atoms with E-state index in [1.54, 1.807) is 23.9 Å². The SMILES string of the molecule is Cc1cccc(SCc2ccc(F)c(C#N)c2)c1. The van der Waals surface area contributed by atoms with E-state index in [0.717, 1.165) is 11.3 Å². The summed E-state index contributed by atoms with van der Waals surface area (Å²) in [5, 5.41) is 8.77. The number of halogens is 1. The van der Waals surface area contributed by atoms with E-state index in [2.05, 4.69) is 19.1 Å². The molecule has 0 fully saturated rings. The van der Waals surface area contributed by atoms with Gasteiger partial charge in [0.05, 0.1) is 5.56 Å². The van der Waals surface area contributed by atoms with E-state index in [4.69, 9.17) is 5.26 Å². The topological polar surface area (TPSA) is 23.8 Å². The van der Waals surface area contributed by atoms with Crippen LogP contribution in [-0.2, 0) is 5.75 Å². The van der Waals surface area contributed by atoms with Gasteiger partial charge < -0.3 is 0 Å². The van der Waals surface area contributed by atoms with E-state index in [1.807, 2.05) is 18.2 Å². The van der Waals surface area contributed by atoms with Gasteiger partial charge in [0.1, 0.15) is 11.9 Å². The van der Waals surface area contributed by atoms with Crippen molar-refractivity contribution < 1.29 is 4.39 Å².